The number of aromatic nitrogens is 1. The van der Waals surface area contributed by atoms with Gasteiger partial charge in [0, 0.05) is 54.6 Å². The molecule has 3 aromatic rings. The lowest BCUT2D eigenvalue weighted by atomic mass is 10.0. The topological polar surface area (TPSA) is 49.4 Å². The van der Waals surface area contributed by atoms with Crippen molar-refractivity contribution < 1.29 is 17.9 Å². The third-order valence-electron chi connectivity index (χ3n) is 5.83. The van der Waals surface area contributed by atoms with E-state index in [1.165, 1.54) is 12.1 Å². The number of piperazine rings is 1. The molecular weight excluding hydrogens is 453 g/mol. The minimum absolute atomic E-state index is 0. The fourth-order valence-electron chi connectivity index (χ4n) is 4.19. The van der Waals surface area contributed by atoms with Gasteiger partial charge >= 0.3 is 0 Å². The van der Waals surface area contributed by atoms with E-state index in [-0.39, 0.29) is 18.0 Å². The second-order valence-electron chi connectivity index (χ2n) is 8.01. The van der Waals surface area contributed by atoms with Crippen molar-refractivity contribution >= 4 is 34.7 Å². The summed E-state index contributed by atoms with van der Waals surface area (Å²) in [6, 6.07) is 9.42. The Labute approximate surface area is 197 Å². The van der Waals surface area contributed by atoms with Gasteiger partial charge in [0.2, 0.25) is 0 Å². The molecule has 0 amide bonds. The van der Waals surface area contributed by atoms with E-state index in [0.29, 0.717) is 0 Å². The molecule has 178 valence electrons. The smallest absolute Gasteiger partial charge is 0.266 e. The van der Waals surface area contributed by atoms with Crippen molar-refractivity contribution in [2.24, 2.45) is 0 Å². The first-order valence-electron chi connectivity index (χ1n) is 10.7. The van der Waals surface area contributed by atoms with Crippen LogP contribution in [0.2, 0.25) is 0 Å². The van der Waals surface area contributed by atoms with Gasteiger partial charge in [0.25, 0.3) is 6.43 Å². The van der Waals surface area contributed by atoms with Crippen molar-refractivity contribution in [2.45, 2.75) is 26.3 Å². The van der Waals surface area contributed by atoms with Gasteiger partial charge in [-0.25, -0.2) is 13.2 Å². The minimum atomic E-state index is -2.86. The summed E-state index contributed by atoms with van der Waals surface area (Å²) in [6.07, 6.45) is -2.86. The zero-order valence-corrected chi connectivity index (χ0v) is 19.6. The molecule has 1 aromatic heterocycles. The maximum Gasteiger partial charge on any atom is 0.266 e. The number of methoxy groups -OCH3 is 1. The summed E-state index contributed by atoms with van der Waals surface area (Å²) in [5, 5.41) is 7.53. The Bertz CT molecular complexity index is 1120. The van der Waals surface area contributed by atoms with Gasteiger partial charge in [-0.15, -0.1) is 12.4 Å². The fraction of sp³-hybridized carbons (Fsp3) is 0.375. The molecule has 4 rings (SSSR count). The summed E-state index contributed by atoms with van der Waals surface area (Å²) in [6.45, 7) is 7.11. The van der Waals surface area contributed by atoms with Crippen LogP contribution < -0.4 is 20.3 Å². The van der Waals surface area contributed by atoms with Gasteiger partial charge < -0.3 is 20.3 Å². The van der Waals surface area contributed by atoms with Crippen molar-refractivity contribution in [1.82, 2.24) is 10.3 Å². The number of alkyl halides is 2. The quantitative estimate of drug-likeness (QED) is 0.478. The summed E-state index contributed by atoms with van der Waals surface area (Å²) in [4.78, 5) is 6.90. The van der Waals surface area contributed by atoms with E-state index in [1.807, 2.05) is 25.1 Å². The molecule has 0 aliphatic carbocycles. The van der Waals surface area contributed by atoms with Crippen LogP contribution >= 0.6 is 12.4 Å². The zero-order chi connectivity index (χ0) is 22.8. The summed E-state index contributed by atoms with van der Waals surface area (Å²) in [7, 11) is 1.64. The van der Waals surface area contributed by atoms with Crippen LogP contribution in [0.3, 0.4) is 0 Å². The maximum atomic E-state index is 14.7. The van der Waals surface area contributed by atoms with Crippen molar-refractivity contribution in [3.63, 3.8) is 0 Å². The summed E-state index contributed by atoms with van der Waals surface area (Å²) in [5.74, 6) is -0.132. The summed E-state index contributed by atoms with van der Waals surface area (Å²) in [5.41, 5.74) is 2.87. The number of anilines is 2. The van der Waals surface area contributed by atoms with Crippen molar-refractivity contribution in [3.8, 4) is 5.75 Å². The molecule has 1 fully saturated rings. The second kappa shape index (κ2) is 10.5. The molecule has 1 saturated heterocycles. The van der Waals surface area contributed by atoms with E-state index >= 15 is 0 Å². The minimum Gasteiger partial charge on any atom is -0.495 e. The Morgan fingerprint density at radius 1 is 1.12 bits per heavy atom. The molecule has 9 heteroatoms. The normalized spacial score (nSPS) is 14.8. The van der Waals surface area contributed by atoms with E-state index in [4.69, 9.17) is 4.74 Å². The standard InChI is InChI=1S/C24H27F3N4O.ClH/c1-14-11-19(30-15(2)16-5-4-6-17(23(16)25)24(26)27)18-12-21(31-9-7-28-8-10-31)22(32-3)13-20(18)29-14;/h4-6,11-13,15,24,28H,7-10H2,1-3H3,(H,29,30);1H. The SMILES string of the molecule is COc1cc2nc(C)cc(NC(C)c3cccc(C(F)F)c3F)c2cc1N1CCNCC1.Cl. The van der Waals surface area contributed by atoms with Crippen LogP contribution in [0.1, 0.15) is 36.2 Å². The van der Waals surface area contributed by atoms with Gasteiger partial charge in [-0.2, -0.15) is 0 Å². The van der Waals surface area contributed by atoms with Crippen molar-refractivity contribution in [1.29, 1.82) is 0 Å². The summed E-state index contributed by atoms with van der Waals surface area (Å²) >= 11 is 0. The zero-order valence-electron chi connectivity index (χ0n) is 18.8. The van der Waals surface area contributed by atoms with Gasteiger partial charge in [-0.05, 0) is 26.0 Å². The number of benzene rings is 2. The van der Waals surface area contributed by atoms with Crippen LogP contribution in [0.15, 0.2) is 36.4 Å². The largest absolute Gasteiger partial charge is 0.495 e. The number of nitrogens with zero attached hydrogens (tertiary/aromatic N) is 2. The van der Waals surface area contributed by atoms with Gasteiger partial charge in [-0.1, -0.05) is 18.2 Å². The van der Waals surface area contributed by atoms with Crippen LogP contribution in [0.25, 0.3) is 10.9 Å². The molecule has 5 nitrogen and oxygen atoms in total. The number of aryl methyl sites for hydroxylation is 1. The molecule has 1 atom stereocenters. The Balaban J connectivity index is 0.00000306. The lowest BCUT2D eigenvalue weighted by Crippen LogP contribution is -2.43. The highest BCUT2D eigenvalue weighted by Gasteiger charge is 2.21. The molecule has 0 spiro atoms. The van der Waals surface area contributed by atoms with Crippen molar-refractivity contribution in [3.05, 3.63) is 59.0 Å². The van der Waals surface area contributed by atoms with Gasteiger partial charge in [-0.3, -0.25) is 4.98 Å². The number of rotatable bonds is 6. The molecule has 0 saturated carbocycles. The van der Waals surface area contributed by atoms with Gasteiger partial charge in [0.15, 0.2) is 0 Å². The van der Waals surface area contributed by atoms with E-state index in [0.717, 1.165) is 66.0 Å². The van der Waals surface area contributed by atoms with E-state index in [1.54, 1.807) is 14.0 Å². The Morgan fingerprint density at radius 3 is 2.48 bits per heavy atom. The van der Waals surface area contributed by atoms with E-state index < -0.39 is 23.8 Å². The highest BCUT2D eigenvalue weighted by atomic mass is 35.5. The highest BCUT2D eigenvalue weighted by molar-refractivity contribution is 5.96. The van der Waals surface area contributed by atoms with Crippen LogP contribution in [-0.4, -0.2) is 38.3 Å². The molecule has 1 aliphatic rings. The lowest BCUT2D eigenvalue weighted by Gasteiger charge is -2.31. The Kier molecular flexibility index (Phi) is 7.92. The molecule has 0 bridgehead atoms. The Morgan fingerprint density at radius 2 is 1.82 bits per heavy atom. The van der Waals surface area contributed by atoms with Crippen LogP contribution in [0.4, 0.5) is 24.5 Å². The molecule has 2 aromatic carbocycles. The molecule has 2 heterocycles. The maximum absolute atomic E-state index is 14.7. The van der Waals surface area contributed by atoms with Crippen molar-refractivity contribution in [2.75, 3.05) is 43.5 Å². The van der Waals surface area contributed by atoms with Gasteiger partial charge in [0.05, 0.1) is 29.9 Å². The Hall–Kier alpha value is -2.71. The van der Waals surface area contributed by atoms with Gasteiger partial charge in [0.1, 0.15) is 11.6 Å². The number of ether oxygens (including phenoxy) is 1. The van der Waals surface area contributed by atoms with Crippen LogP contribution in [0.5, 0.6) is 5.75 Å². The van der Waals surface area contributed by atoms with E-state index in [2.05, 4.69) is 20.5 Å². The monoisotopic (exact) mass is 480 g/mol. The number of fused-ring (bicyclic) bond motifs is 1. The predicted molar refractivity (Wildman–Crippen MR) is 129 cm³/mol. The summed E-state index contributed by atoms with van der Waals surface area (Å²) < 4.78 is 46.7. The first-order valence-corrected chi connectivity index (χ1v) is 10.7. The van der Waals surface area contributed by atoms with Crippen LogP contribution in [-0.2, 0) is 0 Å². The highest BCUT2D eigenvalue weighted by Crippen LogP contribution is 2.37. The molecule has 2 N–H and O–H groups in total. The predicted octanol–water partition coefficient (Wildman–Crippen LogP) is 5.63. The third-order valence-corrected chi connectivity index (χ3v) is 5.83. The third kappa shape index (κ3) is 5.12. The first kappa shape index (κ1) is 24.9. The number of hydrogen-bond acceptors (Lipinski definition) is 5. The molecule has 33 heavy (non-hydrogen) atoms. The molecule has 0 radical (unpaired) electrons. The second-order valence-corrected chi connectivity index (χ2v) is 8.01. The van der Waals surface area contributed by atoms with E-state index in [9.17, 15) is 13.2 Å². The first-order chi connectivity index (χ1) is 15.4. The number of hydrogen-bond donors (Lipinski definition) is 2. The number of nitrogens with one attached hydrogen (secondary N) is 2. The number of halogens is 4. The fourth-order valence-corrected chi connectivity index (χ4v) is 4.19. The average Bonchev–Trinajstić information content (AvgIpc) is 2.78. The molecular formula is C24H28ClF3N4O. The molecule has 1 aliphatic heterocycles. The average molecular weight is 481 g/mol. The number of pyridine rings is 1. The lowest BCUT2D eigenvalue weighted by molar-refractivity contribution is 0.146. The van der Waals surface area contributed by atoms with Crippen LogP contribution in [0, 0.1) is 12.7 Å². The molecule has 1 unspecified atom stereocenters.